The second-order valence-corrected chi connectivity index (χ2v) is 15.4. The van der Waals surface area contributed by atoms with E-state index in [9.17, 15) is 4.80 Å². The molecule has 0 spiro atoms. The van der Waals surface area contributed by atoms with Gasteiger partial charge in [-0.1, -0.05) is 170 Å². The largest absolute Gasteiger partial charge is 2.00 e. The van der Waals surface area contributed by atoms with E-state index < -0.39 is 68.7 Å². The van der Waals surface area contributed by atoms with E-state index in [1.165, 1.54) is 0 Å². The predicted molar refractivity (Wildman–Crippen MR) is 217 cm³/mol. The molecule has 0 aliphatic heterocycles. The van der Waals surface area contributed by atoms with Gasteiger partial charge in [0.15, 0.2) is 5.82 Å². The smallest absolute Gasteiger partial charge is 0.466 e. The van der Waals surface area contributed by atoms with Crippen LogP contribution in [0, 0.1) is 12.4 Å². The number of ether oxygens (including phenoxy) is 1. The standard InChI is InChI=1S/C48H34N3O2Si.Pt/c52-54(39-23-9-3-10-24-39,40-25-11-4-12-26-40)41-27-15-22-38(34-41)53-47-33-17-32-46(49-47)50-35-51(45-31-14-13-30-44(45)50)48-42(36-18-5-1-6-19-36)28-16-29-43(48)37-20-7-2-8-21-37;/h1-33,52H;/q-1;+2/i1D,2D,5D,6D,7D,8D,18D,19D,20D,21D;. The Morgan fingerprint density at radius 3 is 1.82 bits per heavy atom. The van der Waals surface area contributed by atoms with Crippen LogP contribution in [0.2, 0.25) is 0 Å². The van der Waals surface area contributed by atoms with Gasteiger partial charge in [0.25, 0.3) is 14.6 Å². The summed E-state index contributed by atoms with van der Waals surface area (Å²) in [4.78, 5) is 17.4. The van der Waals surface area contributed by atoms with Crippen LogP contribution in [0.5, 0.6) is 11.6 Å². The van der Waals surface area contributed by atoms with Crippen LogP contribution >= 0.6 is 0 Å². The molecule has 7 aromatic carbocycles. The van der Waals surface area contributed by atoms with Gasteiger partial charge >= 0.3 is 21.1 Å². The number of fused-ring (bicyclic) bond motifs is 1. The van der Waals surface area contributed by atoms with Gasteiger partial charge in [0.2, 0.25) is 5.88 Å². The molecule has 2 heterocycles. The van der Waals surface area contributed by atoms with Crippen molar-refractivity contribution in [1.82, 2.24) is 9.55 Å². The van der Waals surface area contributed by atoms with Gasteiger partial charge in [-0.05, 0) is 44.8 Å². The molecular weight excluding hydrogens is 874 g/mol. The zero-order valence-corrected chi connectivity index (χ0v) is 32.1. The Bertz CT molecular complexity index is 3120. The topological polar surface area (TPSA) is 51.2 Å². The van der Waals surface area contributed by atoms with Gasteiger partial charge in [-0.2, -0.15) is 12.1 Å². The Hall–Kier alpha value is -6.17. The maximum absolute atomic E-state index is 12.6. The molecule has 0 aliphatic carbocycles. The average molecular weight is 918 g/mol. The van der Waals surface area contributed by atoms with Gasteiger partial charge in [0.1, 0.15) is 0 Å². The molecule has 0 amide bonds. The van der Waals surface area contributed by atoms with E-state index in [4.69, 9.17) is 23.4 Å². The monoisotopic (exact) mass is 917 g/mol. The molecule has 9 aromatic rings. The van der Waals surface area contributed by atoms with Crippen molar-refractivity contribution in [2.24, 2.45) is 0 Å². The first-order chi connectivity index (χ1) is 30.8. The van der Waals surface area contributed by atoms with E-state index in [2.05, 4.69) is 12.4 Å². The fourth-order valence-electron chi connectivity index (χ4n) is 6.61. The van der Waals surface area contributed by atoms with E-state index in [1.807, 2.05) is 72.8 Å². The number of imidazole rings is 1. The molecule has 1 N–H and O–H groups in total. The van der Waals surface area contributed by atoms with E-state index in [-0.39, 0.29) is 54.9 Å². The van der Waals surface area contributed by atoms with E-state index >= 15 is 0 Å². The van der Waals surface area contributed by atoms with Crippen LogP contribution in [0.25, 0.3) is 44.8 Å². The molecule has 0 aliphatic rings. The molecular formula is C48H34N3O2PtSi+. The maximum atomic E-state index is 12.6. The van der Waals surface area contributed by atoms with Gasteiger partial charge in [0.05, 0.1) is 30.4 Å². The number of aromatic nitrogens is 3. The van der Waals surface area contributed by atoms with Crippen molar-refractivity contribution in [3.8, 4) is 45.4 Å². The summed E-state index contributed by atoms with van der Waals surface area (Å²) in [6, 6.07) is 39.3. The van der Waals surface area contributed by atoms with E-state index in [1.54, 1.807) is 75.9 Å². The number of hydrogen-bond donors (Lipinski definition) is 1. The van der Waals surface area contributed by atoms with Crippen LogP contribution in [0.1, 0.15) is 13.7 Å². The van der Waals surface area contributed by atoms with E-state index in [0.717, 1.165) is 10.4 Å². The SMILES string of the molecule is [2H]c1c([2H])c([2H])c(-c2cccc(-c3c([2H])c([2H])c([2H])c([2H])c3[2H])c2-[n+]2[c-]n(-c3cccc(Oc4[c-]c([Si](O)(c5ccccc5)c5ccccc5)ccc4)n3)c3ccccc32)c([2H])c1[2H].[Pt+2]. The fourth-order valence-corrected chi connectivity index (χ4v) is 9.55. The molecule has 0 saturated carbocycles. The van der Waals surface area contributed by atoms with Gasteiger partial charge < -0.3 is 9.53 Å². The summed E-state index contributed by atoms with van der Waals surface area (Å²) in [5, 5.41) is 2.14. The Morgan fingerprint density at radius 2 is 1.18 bits per heavy atom. The van der Waals surface area contributed by atoms with Crippen LogP contribution in [0.4, 0.5) is 0 Å². The third-order valence-electron chi connectivity index (χ3n) is 9.06. The number of nitrogens with zero attached hydrogens (tertiary/aromatic N) is 3. The van der Waals surface area contributed by atoms with Crippen LogP contribution in [-0.2, 0) is 21.1 Å². The molecule has 0 unspecified atom stereocenters. The average Bonchev–Trinajstić information content (AvgIpc) is 3.71. The normalized spacial score (nSPS) is 13.8. The van der Waals surface area contributed by atoms with E-state index in [0.29, 0.717) is 27.8 Å². The third-order valence-corrected chi connectivity index (χ3v) is 12.5. The van der Waals surface area contributed by atoms with Crippen molar-refractivity contribution >= 4 is 34.9 Å². The fraction of sp³-hybridized carbons (Fsp3) is 0. The molecule has 0 radical (unpaired) electrons. The summed E-state index contributed by atoms with van der Waals surface area (Å²) >= 11 is 0. The van der Waals surface area contributed by atoms with Crippen molar-refractivity contribution in [2.75, 3.05) is 0 Å². The second-order valence-electron chi connectivity index (χ2n) is 12.3. The van der Waals surface area contributed by atoms with Gasteiger partial charge in [-0.3, -0.25) is 9.13 Å². The minimum absolute atomic E-state index is 0. The molecule has 7 heteroatoms. The van der Waals surface area contributed by atoms with Gasteiger partial charge in [0, 0.05) is 5.75 Å². The number of hydrogen-bond acceptors (Lipinski definition) is 3. The molecule has 0 bridgehead atoms. The number of para-hydroxylation sites is 3. The molecule has 55 heavy (non-hydrogen) atoms. The Kier molecular flexibility index (Phi) is 7.34. The number of pyridine rings is 1. The van der Waals surface area contributed by atoms with Crippen molar-refractivity contribution in [1.29, 1.82) is 0 Å². The Morgan fingerprint density at radius 1 is 0.618 bits per heavy atom. The molecule has 0 saturated heterocycles. The van der Waals surface area contributed by atoms with Gasteiger partial charge in [-0.25, -0.2) is 4.98 Å². The third kappa shape index (κ3) is 6.88. The van der Waals surface area contributed by atoms with Crippen molar-refractivity contribution < 1.29 is 48.9 Å². The molecule has 266 valence electrons. The summed E-state index contributed by atoms with van der Waals surface area (Å²) in [5.41, 5.74) is 1.13. The minimum Gasteiger partial charge on any atom is -0.466 e. The zero-order chi connectivity index (χ0) is 45.0. The van der Waals surface area contributed by atoms with Crippen LogP contribution in [-0.4, -0.2) is 22.7 Å². The summed E-state index contributed by atoms with van der Waals surface area (Å²) in [5.74, 6) is 0.840. The first kappa shape index (κ1) is 25.8. The van der Waals surface area contributed by atoms with Gasteiger partial charge in [-0.15, -0.1) is 17.3 Å². The number of benzene rings is 7. The molecule has 5 nitrogen and oxygen atoms in total. The van der Waals surface area contributed by atoms with Crippen LogP contribution in [0.3, 0.4) is 0 Å². The quantitative estimate of drug-likeness (QED) is 0.0693. The zero-order valence-electron chi connectivity index (χ0n) is 38.8. The van der Waals surface area contributed by atoms with Crippen molar-refractivity contribution in [3.05, 3.63) is 212 Å². The molecule has 9 rings (SSSR count). The van der Waals surface area contributed by atoms with Crippen molar-refractivity contribution in [3.63, 3.8) is 0 Å². The van der Waals surface area contributed by atoms with Crippen molar-refractivity contribution in [2.45, 2.75) is 0 Å². The summed E-state index contributed by atoms with van der Waals surface area (Å²) in [7, 11) is -3.52. The van der Waals surface area contributed by atoms with Crippen LogP contribution in [0.15, 0.2) is 200 Å². The van der Waals surface area contributed by atoms with Crippen LogP contribution < -0.4 is 24.9 Å². The summed E-state index contributed by atoms with van der Waals surface area (Å²) in [6.07, 6.45) is 3.33. The predicted octanol–water partition coefficient (Wildman–Crippen LogP) is 7.99. The molecule has 2 aromatic heterocycles. The first-order valence-electron chi connectivity index (χ1n) is 22.1. The Balaban J connectivity index is 0.00000576. The second kappa shape index (κ2) is 15.7. The molecule has 0 atom stereocenters. The summed E-state index contributed by atoms with van der Waals surface area (Å²) < 4.78 is 95.9. The number of rotatable bonds is 9. The summed E-state index contributed by atoms with van der Waals surface area (Å²) in [6.45, 7) is 0. The first-order valence-corrected chi connectivity index (χ1v) is 19.0. The molecule has 0 fully saturated rings. The maximum Gasteiger partial charge on any atom is 2.00 e. The minimum atomic E-state index is -3.52. The Labute approximate surface area is 349 Å².